The molecule has 114 valence electrons. The zero-order chi connectivity index (χ0) is 16.1. The molecule has 1 aromatic carbocycles. The smallest absolute Gasteiger partial charge is 0.316 e. The summed E-state index contributed by atoms with van der Waals surface area (Å²) in [6, 6.07) is 8.28. The molecule has 0 radical (unpaired) electrons. The minimum atomic E-state index is -0.480. The summed E-state index contributed by atoms with van der Waals surface area (Å²) >= 11 is 2.38. The maximum Gasteiger partial charge on any atom is 0.316 e. The molecule has 0 bridgehead atoms. The van der Waals surface area contributed by atoms with Crippen molar-refractivity contribution in [3.8, 4) is 11.8 Å². The molecule has 0 aliphatic carbocycles. The first-order valence-corrected chi connectivity index (χ1v) is 8.02. The van der Waals surface area contributed by atoms with Crippen LogP contribution in [0.5, 0.6) is 5.75 Å². The van der Waals surface area contributed by atoms with E-state index >= 15 is 0 Å². The fraction of sp³-hybridized carbons (Fsp3) is 0.214. The molecule has 0 fully saturated rings. The highest BCUT2D eigenvalue weighted by Crippen LogP contribution is 2.43. The number of hydrogen-bond acceptors (Lipinski definition) is 7. The number of hydrogen-bond donors (Lipinski definition) is 2. The van der Waals surface area contributed by atoms with Gasteiger partial charge >= 0.3 is 5.97 Å². The van der Waals surface area contributed by atoms with Gasteiger partial charge < -0.3 is 15.2 Å². The van der Waals surface area contributed by atoms with Gasteiger partial charge in [-0.2, -0.15) is 5.26 Å². The number of methoxy groups -OCH3 is 1. The van der Waals surface area contributed by atoms with Gasteiger partial charge in [0.25, 0.3) is 5.91 Å². The topological polar surface area (TPSA) is 99.4 Å². The lowest BCUT2D eigenvalue weighted by atomic mass is 10.2. The Kier molecular flexibility index (Phi) is 5.35. The summed E-state index contributed by atoms with van der Waals surface area (Å²) in [4.78, 5) is 23.3. The Morgan fingerprint density at radius 2 is 2.18 bits per heavy atom. The Labute approximate surface area is 135 Å². The average Bonchev–Trinajstić information content (AvgIpc) is 2.52. The Bertz CT molecular complexity index is 664. The largest absolute Gasteiger partial charge is 0.508 e. The van der Waals surface area contributed by atoms with Crippen LogP contribution in [-0.4, -0.2) is 29.8 Å². The number of esters is 1. The Hall–Kier alpha value is -2.11. The molecule has 1 atom stereocenters. The lowest BCUT2D eigenvalue weighted by Gasteiger charge is -2.25. The SMILES string of the molecule is COC(=O)CSC1=C(C#N)C(=O)NC(c2ccc(O)cc2)S1. The molecule has 1 unspecified atom stereocenters. The van der Waals surface area contributed by atoms with Crippen LogP contribution in [0.15, 0.2) is 34.1 Å². The van der Waals surface area contributed by atoms with E-state index in [0.717, 1.165) is 17.3 Å². The normalized spacial score (nSPS) is 17.6. The predicted molar refractivity (Wildman–Crippen MR) is 83.7 cm³/mol. The number of phenolic OH excluding ortho intramolecular Hbond substituents is 1. The number of rotatable bonds is 4. The summed E-state index contributed by atoms with van der Waals surface area (Å²) in [6.07, 6.45) is 0. The van der Waals surface area contributed by atoms with Gasteiger partial charge in [0, 0.05) is 0 Å². The molecule has 0 saturated carbocycles. The van der Waals surface area contributed by atoms with E-state index in [0.29, 0.717) is 4.24 Å². The second-order valence-electron chi connectivity index (χ2n) is 4.20. The number of benzene rings is 1. The molecule has 2 N–H and O–H groups in total. The van der Waals surface area contributed by atoms with Crippen molar-refractivity contribution in [1.82, 2.24) is 5.32 Å². The second kappa shape index (κ2) is 7.24. The van der Waals surface area contributed by atoms with Crippen molar-refractivity contribution in [3.63, 3.8) is 0 Å². The van der Waals surface area contributed by atoms with E-state index in [4.69, 9.17) is 5.26 Å². The fourth-order valence-corrected chi connectivity index (χ4v) is 3.98. The lowest BCUT2D eigenvalue weighted by molar-refractivity contribution is -0.137. The highest BCUT2D eigenvalue weighted by molar-refractivity contribution is 8.22. The number of phenols is 1. The minimum absolute atomic E-state index is 0.00562. The molecule has 1 aromatic rings. The van der Waals surface area contributed by atoms with E-state index in [9.17, 15) is 14.7 Å². The first kappa shape index (κ1) is 16.3. The quantitative estimate of drug-likeness (QED) is 0.810. The number of thioether (sulfide) groups is 2. The standard InChI is InChI=1S/C14H12N2O4S2/c1-20-11(18)7-21-14-10(6-15)12(19)16-13(22-14)8-2-4-9(17)5-3-8/h2-5,13,17H,7H2,1H3,(H,16,19). The van der Waals surface area contributed by atoms with Gasteiger partial charge in [0.15, 0.2) is 0 Å². The van der Waals surface area contributed by atoms with Gasteiger partial charge in [0.2, 0.25) is 0 Å². The molecule has 1 aliphatic rings. The van der Waals surface area contributed by atoms with Crippen molar-refractivity contribution < 1.29 is 19.4 Å². The maximum absolute atomic E-state index is 12.0. The summed E-state index contributed by atoms with van der Waals surface area (Å²) in [5, 5.41) is 20.7. The van der Waals surface area contributed by atoms with Crippen LogP contribution in [0.25, 0.3) is 0 Å². The number of nitrogens with zero attached hydrogens (tertiary/aromatic N) is 1. The van der Waals surface area contributed by atoms with Gasteiger partial charge in [-0.1, -0.05) is 23.9 Å². The van der Waals surface area contributed by atoms with Gasteiger partial charge in [-0.15, -0.1) is 11.8 Å². The molecule has 22 heavy (non-hydrogen) atoms. The molecule has 0 spiro atoms. The number of aromatic hydroxyl groups is 1. The Morgan fingerprint density at radius 1 is 1.50 bits per heavy atom. The highest BCUT2D eigenvalue weighted by Gasteiger charge is 2.29. The number of nitrogens with one attached hydrogen (secondary N) is 1. The first-order chi connectivity index (χ1) is 10.5. The summed E-state index contributed by atoms with van der Waals surface area (Å²) in [5.41, 5.74) is 0.776. The predicted octanol–water partition coefficient (Wildman–Crippen LogP) is 1.90. The maximum atomic E-state index is 12.0. The van der Waals surface area contributed by atoms with Gasteiger partial charge in [-0.3, -0.25) is 9.59 Å². The van der Waals surface area contributed by atoms with Crippen LogP contribution in [0.4, 0.5) is 0 Å². The summed E-state index contributed by atoms with van der Waals surface area (Å²) in [7, 11) is 1.28. The Balaban J connectivity index is 2.21. The van der Waals surface area contributed by atoms with Crippen molar-refractivity contribution in [2.24, 2.45) is 0 Å². The first-order valence-electron chi connectivity index (χ1n) is 6.15. The van der Waals surface area contributed by atoms with E-state index in [2.05, 4.69) is 10.1 Å². The van der Waals surface area contributed by atoms with Crippen LogP contribution >= 0.6 is 23.5 Å². The number of ether oxygens (including phenoxy) is 1. The summed E-state index contributed by atoms with van der Waals surface area (Å²) in [6.45, 7) is 0. The highest BCUT2D eigenvalue weighted by atomic mass is 32.2. The Morgan fingerprint density at radius 3 is 2.77 bits per heavy atom. The molecule has 1 aliphatic heterocycles. The average molecular weight is 336 g/mol. The molecule has 1 amide bonds. The zero-order valence-corrected chi connectivity index (χ0v) is 13.2. The lowest BCUT2D eigenvalue weighted by Crippen LogP contribution is -2.31. The van der Waals surface area contributed by atoms with Gasteiger partial charge in [-0.05, 0) is 17.7 Å². The van der Waals surface area contributed by atoms with Gasteiger partial charge in [0.1, 0.15) is 22.8 Å². The number of carbonyl (C=O) groups is 2. The molecule has 8 heteroatoms. The molecule has 0 saturated heterocycles. The zero-order valence-electron chi connectivity index (χ0n) is 11.5. The van der Waals surface area contributed by atoms with E-state index < -0.39 is 11.9 Å². The second-order valence-corrected chi connectivity index (χ2v) is 6.56. The summed E-state index contributed by atoms with van der Waals surface area (Å²) < 4.78 is 5.04. The van der Waals surface area contributed by atoms with E-state index in [-0.39, 0.29) is 22.4 Å². The van der Waals surface area contributed by atoms with Crippen LogP contribution < -0.4 is 5.32 Å². The molecular weight excluding hydrogens is 324 g/mol. The van der Waals surface area contributed by atoms with Crippen LogP contribution in [0.1, 0.15) is 10.9 Å². The monoisotopic (exact) mass is 336 g/mol. The van der Waals surface area contributed by atoms with Crippen LogP contribution in [0.3, 0.4) is 0 Å². The molecular formula is C14H12N2O4S2. The van der Waals surface area contributed by atoms with Crippen LogP contribution in [0.2, 0.25) is 0 Å². The fourth-order valence-electron chi connectivity index (χ4n) is 1.67. The van der Waals surface area contributed by atoms with Crippen LogP contribution in [-0.2, 0) is 14.3 Å². The molecule has 6 nitrogen and oxygen atoms in total. The van der Waals surface area contributed by atoms with Crippen molar-refractivity contribution >= 4 is 35.4 Å². The number of amides is 1. The van der Waals surface area contributed by atoms with Gasteiger partial charge in [0.05, 0.1) is 17.1 Å². The van der Waals surface area contributed by atoms with Crippen LogP contribution in [0, 0.1) is 11.3 Å². The number of carbonyl (C=O) groups excluding carboxylic acids is 2. The van der Waals surface area contributed by atoms with E-state index in [1.54, 1.807) is 12.1 Å². The van der Waals surface area contributed by atoms with Crippen molar-refractivity contribution in [2.45, 2.75) is 5.37 Å². The van der Waals surface area contributed by atoms with Crippen molar-refractivity contribution in [2.75, 3.05) is 12.9 Å². The third-order valence-electron chi connectivity index (χ3n) is 2.77. The van der Waals surface area contributed by atoms with E-state index in [1.165, 1.54) is 31.0 Å². The van der Waals surface area contributed by atoms with Crippen molar-refractivity contribution in [3.05, 3.63) is 39.6 Å². The molecule has 0 aromatic heterocycles. The van der Waals surface area contributed by atoms with Crippen molar-refractivity contribution in [1.29, 1.82) is 5.26 Å². The summed E-state index contributed by atoms with van der Waals surface area (Å²) in [5.74, 6) is -0.752. The third-order valence-corrected chi connectivity index (χ3v) is 5.31. The van der Waals surface area contributed by atoms with Gasteiger partial charge in [-0.25, -0.2) is 0 Å². The third kappa shape index (κ3) is 3.75. The van der Waals surface area contributed by atoms with E-state index in [1.807, 2.05) is 6.07 Å². The number of nitriles is 1. The minimum Gasteiger partial charge on any atom is -0.508 e. The molecule has 1 heterocycles. The molecule has 2 rings (SSSR count).